The number of rotatable bonds is 5. The summed E-state index contributed by atoms with van der Waals surface area (Å²) in [5.41, 5.74) is 0.277. The van der Waals surface area contributed by atoms with Gasteiger partial charge in [-0.15, -0.1) is 0 Å². The molecule has 2 aromatic carbocycles. The third-order valence-electron chi connectivity index (χ3n) is 3.26. The molecule has 0 atom stereocenters. The maximum Gasteiger partial charge on any atom is 0.294 e. The molecule has 122 valence electrons. The Hall–Kier alpha value is -3.20. The smallest absolute Gasteiger partial charge is 0.294 e. The lowest BCUT2D eigenvalue weighted by Crippen LogP contribution is -2.13. The van der Waals surface area contributed by atoms with Crippen molar-refractivity contribution in [3.8, 4) is 5.69 Å². The third-order valence-corrected chi connectivity index (χ3v) is 4.64. The summed E-state index contributed by atoms with van der Waals surface area (Å²) in [6.07, 6.45) is 4.42. The van der Waals surface area contributed by atoms with Gasteiger partial charge in [0.2, 0.25) is 0 Å². The molecule has 0 unspecified atom stereocenters. The molecule has 1 N–H and O–H groups in total. The van der Waals surface area contributed by atoms with E-state index in [4.69, 9.17) is 0 Å². The van der Waals surface area contributed by atoms with Crippen LogP contribution in [-0.2, 0) is 10.0 Å². The van der Waals surface area contributed by atoms with Gasteiger partial charge in [-0.3, -0.25) is 14.8 Å². The van der Waals surface area contributed by atoms with Gasteiger partial charge in [-0.2, -0.15) is 0 Å². The lowest BCUT2D eigenvalue weighted by molar-refractivity contribution is -0.384. The van der Waals surface area contributed by atoms with Gasteiger partial charge >= 0.3 is 0 Å². The summed E-state index contributed by atoms with van der Waals surface area (Å²) in [7, 11) is -3.93. The minimum atomic E-state index is -3.93. The second kappa shape index (κ2) is 6.13. The number of aromatic nitrogens is 2. The SMILES string of the molecule is O=[N+]([O-])c1cc(S(=O)(=O)Nc2ccccc2)ccc1-n1ccnc1. The van der Waals surface area contributed by atoms with Gasteiger partial charge in [0.05, 0.1) is 16.1 Å². The number of hydrogen-bond donors (Lipinski definition) is 1. The number of nitrogens with one attached hydrogen (secondary N) is 1. The number of nitro groups is 1. The van der Waals surface area contributed by atoms with Crippen LogP contribution in [0.2, 0.25) is 0 Å². The first-order valence-electron chi connectivity index (χ1n) is 6.82. The maximum atomic E-state index is 12.4. The average molecular weight is 344 g/mol. The molecule has 3 aromatic rings. The average Bonchev–Trinajstić information content (AvgIpc) is 3.09. The molecule has 24 heavy (non-hydrogen) atoms. The number of sulfonamides is 1. The van der Waals surface area contributed by atoms with Crippen molar-refractivity contribution >= 4 is 21.4 Å². The Kier molecular flexibility index (Phi) is 4.00. The van der Waals surface area contributed by atoms with Gasteiger partial charge in [0.15, 0.2) is 0 Å². The van der Waals surface area contributed by atoms with Crippen LogP contribution in [0.5, 0.6) is 0 Å². The fraction of sp³-hybridized carbons (Fsp3) is 0. The molecule has 0 saturated heterocycles. The Morgan fingerprint density at radius 3 is 2.50 bits per heavy atom. The van der Waals surface area contributed by atoms with E-state index in [0.717, 1.165) is 6.07 Å². The van der Waals surface area contributed by atoms with Gasteiger partial charge in [-0.25, -0.2) is 13.4 Å². The second-order valence-electron chi connectivity index (χ2n) is 4.85. The summed E-state index contributed by atoms with van der Waals surface area (Å²) in [5, 5.41) is 11.3. The van der Waals surface area contributed by atoms with Crippen molar-refractivity contribution < 1.29 is 13.3 Å². The van der Waals surface area contributed by atoms with Gasteiger partial charge < -0.3 is 4.57 Å². The highest BCUT2D eigenvalue weighted by Crippen LogP contribution is 2.27. The Bertz CT molecular complexity index is 970. The predicted molar refractivity (Wildman–Crippen MR) is 87.5 cm³/mol. The fourth-order valence-electron chi connectivity index (χ4n) is 2.16. The lowest BCUT2D eigenvalue weighted by atomic mass is 10.2. The van der Waals surface area contributed by atoms with Crippen molar-refractivity contribution in [1.82, 2.24) is 9.55 Å². The van der Waals surface area contributed by atoms with E-state index in [9.17, 15) is 18.5 Å². The molecule has 9 heteroatoms. The molecule has 0 bridgehead atoms. The molecule has 0 saturated carbocycles. The van der Waals surface area contributed by atoms with Crippen LogP contribution in [-0.4, -0.2) is 22.9 Å². The molecule has 1 heterocycles. The predicted octanol–water partition coefficient (Wildman–Crippen LogP) is 2.58. The van der Waals surface area contributed by atoms with E-state index < -0.39 is 14.9 Å². The first-order chi connectivity index (χ1) is 11.5. The molecular weight excluding hydrogens is 332 g/mol. The number of imidazole rings is 1. The summed E-state index contributed by atoms with van der Waals surface area (Å²) in [6.45, 7) is 0. The molecular formula is C15H12N4O4S. The molecule has 0 aliphatic heterocycles. The number of nitro benzene ring substituents is 1. The van der Waals surface area contributed by atoms with E-state index >= 15 is 0 Å². The van der Waals surface area contributed by atoms with Crippen LogP contribution in [0.25, 0.3) is 5.69 Å². The molecule has 0 aliphatic rings. The van der Waals surface area contributed by atoms with Crippen LogP contribution in [0.3, 0.4) is 0 Å². The van der Waals surface area contributed by atoms with Gasteiger partial charge in [0.25, 0.3) is 15.7 Å². The Morgan fingerprint density at radius 2 is 1.88 bits per heavy atom. The normalized spacial score (nSPS) is 11.2. The first-order valence-corrected chi connectivity index (χ1v) is 8.30. The minimum absolute atomic E-state index is 0.193. The summed E-state index contributed by atoms with van der Waals surface area (Å²) >= 11 is 0. The summed E-state index contributed by atoms with van der Waals surface area (Å²) in [6, 6.07) is 12.0. The quantitative estimate of drug-likeness (QED) is 0.565. The summed E-state index contributed by atoms with van der Waals surface area (Å²) < 4.78 is 28.7. The molecule has 3 rings (SSSR count). The van der Waals surface area contributed by atoms with Crippen molar-refractivity contribution in [3.05, 3.63) is 77.4 Å². The van der Waals surface area contributed by atoms with Crippen LogP contribution >= 0.6 is 0 Å². The van der Waals surface area contributed by atoms with Crippen LogP contribution in [0, 0.1) is 10.1 Å². The molecule has 0 fully saturated rings. The van der Waals surface area contributed by atoms with E-state index in [-0.39, 0.29) is 16.3 Å². The molecule has 1 aromatic heterocycles. The first kappa shape index (κ1) is 15.7. The van der Waals surface area contributed by atoms with Crippen molar-refractivity contribution in [1.29, 1.82) is 0 Å². The monoisotopic (exact) mass is 344 g/mol. The van der Waals surface area contributed by atoms with Crippen molar-refractivity contribution in [2.45, 2.75) is 4.90 Å². The minimum Gasteiger partial charge on any atom is -0.300 e. The number of para-hydroxylation sites is 1. The second-order valence-corrected chi connectivity index (χ2v) is 6.53. The van der Waals surface area contributed by atoms with E-state index in [1.165, 1.54) is 29.2 Å². The van der Waals surface area contributed by atoms with E-state index in [1.807, 2.05) is 0 Å². The molecule has 0 amide bonds. The maximum absolute atomic E-state index is 12.4. The van der Waals surface area contributed by atoms with Gasteiger partial charge in [-0.1, -0.05) is 18.2 Å². The number of benzene rings is 2. The van der Waals surface area contributed by atoms with Gasteiger partial charge in [0.1, 0.15) is 5.69 Å². The highest BCUT2D eigenvalue weighted by atomic mass is 32.2. The number of hydrogen-bond acceptors (Lipinski definition) is 5. The molecule has 0 radical (unpaired) electrons. The van der Waals surface area contributed by atoms with Crippen LogP contribution in [0.1, 0.15) is 0 Å². The van der Waals surface area contributed by atoms with E-state index in [1.54, 1.807) is 36.5 Å². The topological polar surface area (TPSA) is 107 Å². The summed E-state index contributed by atoms with van der Waals surface area (Å²) in [5.74, 6) is 0. The molecule has 0 aliphatic carbocycles. The Balaban J connectivity index is 2.03. The standard InChI is InChI=1S/C15H12N4O4S/c20-19(21)15-10-13(6-7-14(15)18-9-8-16-11-18)24(22,23)17-12-4-2-1-3-5-12/h1-11,17H. The summed E-state index contributed by atoms with van der Waals surface area (Å²) in [4.78, 5) is 14.3. The third kappa shape index (κ3) is 3.10. The number of nitrogens with zero attached hydrogens (tertiary/aromatic N) is 3. The van der Waals surface area contributed by atoms with Crippen molar-refractivity contribution in [2.24, 2.45) is 0 Å². The molecule has 0 spiro atoms. The zero-order valence-corrected chi connectivity index (χ0v) is 13.1. The van der Waals surface area contributed by atoms with E-state index in [0.29, 0.717) is 5.69 Å². The van der Waals surface area contributed by atoms with Crippen LogP contribution in [0.4, 0.5) is 11.4 Å². The van der Waals surface area contributed by atoms with E-state index in [2.05, 4.69) is 9.71 Å². The largest absolute Gasteiger partial charge is 0.300 e. The van der Waals surface area contributed by atoms with Crippen LogP contribution in [0.15, 0.2) is 72.1 Å². The van der Waals surface area contributed by atoms with Crippen molar-refractivity contribution in [2.75, 3.05) is 4.72 Å². The van der Waals surface area contributed by atoms with Crippen LogP contribution < -0.4 is 4.72 Å². The van der Waals surface area contributed by atoms with Gasteiger partial charge in [-0.05, 0) is 24.3 Å². The number of anilines is 1. The lowest BCUT2D eigenvalue weighted by Gasteiger charge is -2.09. The fourth-order valence-corrected chi connectivity index (χ4v) is 3.24. The Morgan fingerprint density at radius 1 is 1.12 bits per heavy atom. The molecule has 8 nitrogen and oxygen atoms in total. The Labute approximate surface area is 137 Å². The highest BCUT2D eigenvalue weighted by molar-refractivity contribution is 7.92. The zero-order valence-electron chi connectivity index (χ0n) is 12.2. The highest BCUT2D eigenvalue weighted by Gasteiger charge is 2.22. The van der Waals surface area contributed by atoms with Crippen molar-refractivity contribution in [3.63, 3.8) is 0 Å². The zero-order chi connectivity index (χ0) is 17.2. The van der Waals surface area contributed by atoms with Gasteiger partial charge in [0, 0.05) is 24.1 Å².